The van der Waals surface area contributed by atoms with E-state index in [0.29, 0.717) is 0 Å². The smallest absolute Gasteiger partial charge is 0.336 e. The summed E-state index contributed by atoms with van der Waals surface area (Å²) < 4.78 is 2.98. The van der Waals surface area contributed by atoms with Crippen LogP contribution in [0.3, 0.4) is 0 Å². The number of carbonyl (C=O) groups is 1. The Morgan fingerprint density at radius 1 is 1.07 bits per heavy atom. The molecule has 0 unspecified atom stereocenters. The molecule has 0 spiro atoms. The van der Waals surface area contributed by atoms with Crippen LogP contribution in [0.5, 0.6) is 0 Å². The number of aromatic nitrogens is 2. The van der Waals surface area contributed by atoms with Gasteiger partial charge in [0.15, 0.2) is 0 Å². The average Bonchev–Trinajstić information content (AvgIpc) is 3.10. The Morgan fingerprint density at radius 2 is 1.83 bits per heavy atom. The zero-order valence-corrected chi connectivity index (χ0v) is 18.6. The largest absolute Gasteiger partial charge is 0.478 e. The number of carboxylic acid groups (broad SMARTS) is 1. The zero-order valence-electron chi connectivity index (χ0n) is 17.0. The topological polar surface area (TPSA) is 55.1 Å². The molecule has 0 saturated carbocycles. The van der Waals surface area contributed by atoms with Crippen LogP contribution in [-0.4, -0.2) is 20.6 Å². The molecule has 0 radical (unpaired) electrons. The second kappa shape index (κ2) is 8.44. The fourth-order valence-corrected chi connectivity index (χ4v) is 4.25. The lowest BCUT2D eigenvalue weighted by Crippen LogP contribution is -2.03. The van der Waals surface area contributed by atoms with E-state index in [9.17, 15) is 9.90 Å². The highest BCUT2D eigenvalue weighted by Gasteiger charge is 2.16. The molecule has 30 heavy (non-hydrogen) atoms. The summed E-state index contributed by atoms with van der Waals surface area (Å²) in [6.45, 7) is 4.21. The number of unbranched alkanes of at least 4 members (excludes halogenated alkanes) is 1. The summed E-state index contributed by atoms with van der Waals surface area (Å²) in [6.07, 6.45) is 3.12. The fourth-order valence-electron chi connectivity index (χ4n) is 3.88. The molecule has 0 aliphatic rings. The van der Waals surface area contributed by atoms with Gasteiger partial charge in [0, 0.05) is 16.6 Å². The van der Waals surface area contributed by atoms with Crippen molar-refractivity contribution in [2.24, 2.45) is 0 Å². The van der Waals surface area contributed by atoms with Crippen molar-refractivity contribution in [1.29, 1.82) is 0 Å². The van der Waals surface area contributed by atoms with Crippen molar-refractivity contribution in [3.05, 3.63) is 82.1 Å². The molecule has 0 fully saturated rings. The molecule has 0 aliphatic heterocycles. The lowest BCUT2D eigenvalue weighted by atomic mass is 9.95. The highest BCUT2D eigenvalue weighted by atomic mass is 79.9. The molecule has 5 heteroatoms. The maximum Gasteiger partial charge on any atom is 0.336 e. The maximum absolute atomic E-state index is 11.8. The van der Waals surface area contributed by atoms with Gasteiger partial charge >= 0.3 is 5.97 Å². The predicted molar refractivity (Wildman–Crippen MR) is 125 cm³/mol. The quantitative estimate of drug-likeness (QED) is 0.342. The van der Waals surface area contributed by atoms with Gasteiger partial charge in [0.05, 0.1) is 16.6 Å². The highest BCUT2D eigenvalue weighted by Crippen LogP contribution is 2.32. The van der Waals surface area contributed by atoms with E-state index in [-0.39, 0.29) is 5.56 Å². The second-order valence-corrected chi connectivity index (χ2v) is 8.37. The molecule has 0 amide bonds. The first-order valence-electron chi connectivity index (χ1n) is 10.1. The van der Waals surface area contributed by atoms with Gasteiger partial charge < -0.3 is 5.11 Å². The van der Waals surface area contributed by atoms with Crippen LogP contribution in [0, 0.1) is 6.92 Å². The Labute approximate surface area is 184 Å². The third kappa shape index (κ3) is 3.77. The third-order valence-corrected chi connectivity index (χ3v) is 5.85. The number of hydrogen-bond acceptors (Lipinski definition) is 2. The van der Waals surface area contributed by atoms with Crippen molar-refractivity contribution in [3.8, 4) is 16.8 Å². The molecule has 1 heterocycles. The number of hydrogen-bond donors (Lipinski definition) is 1. The first-order valence-corrected chi connectivity index (χ1v) is 10.9. The summed E-state index contributed by atoms with van der Waals surface area (Å²) in [6, 6.07) is 19.8. The third-order valence-electron chi connectivity index (χ3n) is 5.35. The first-order chi connectivity index (χ1) is 14.5. The Bertz CT molecular complexity index is 1240. The molecular weight excluding hydrogens is 440 g/mol. The number of aromatic carboxylic acids is 1. The van der Waals surface area contributed by atoms with E-state index in [1.807, 2.05) is 43.3 Å². The minimum absolute atomic E-state index is 0.289. The van der Waals surface area contributed by atoms with Gasteiger partial charge in [0.1, 0.15) is 5.82 Å². The Morgan fingerprint density at radius 3 is 2.57 bits per heavy atom. The van der Waals surface area contributed by atoms with Crippen molar-refractivity contribution in [1.82, 2.24) is 9.55 Å². The molecule has 1 aromatic heterocycles. The van der Waals surface area contributed by atoms with Gasteiger partial charge in [-0.1, -0.05) is 53.5 Å². The average molecular weight is 463 g/mol. The normalized spacial score (nSPS) is 11.2. The van der Waals surface area contributed by atoms with E-state index in [2.05, 4.69) is 45.6 Å². The number of aryl methyl sites for hydroxylation is 2. The summed E-state index contributed by atoms with van der Waals surface area (Å²) in [5.41, 5.74) is 6.08. The van der Waals surface area contributed by atoms with E-state index >= 15 is 0 Å². The van der Waals surface area contributed by atoms with E-state index in [0.717, 1.165) is 63.0 Å². The van der Waals surface area contributed by atoms with Crippen molar-refractivity contribution in [2.75, 3.05) is 0 Å². The fraction of sp³-hybridized carbons (Fsp3) is 0.200. The van der Waals surface area contributed by atoms with Crippen molar-refractivity contribution < 1.29 is 9.90 Å². The number of carboxylic acids is 1. The summed E-state index contributed by atoms with van der Waals surface area (Å²) in [4.78, 5) is 16.6. The number of benzene rings is 3. The molecule has 4 aromatic rings. The number of fused-ring (bicyclic) bond motifs is 1. The van der Waals surface area contributed by atoms with Gasteiger partial charge in [-0.25, -0.2) is 9.78 Å². The van der Waals surface area contributed by atoms with Crippen LogP contribution in [0.4, 0.5) is 0 Å². The Balaban J connectivity index is 1.85. The van der Waals surface area contributed by atoms with E-state index < -0.39 is 5.97 Å². The van der Waals surface area contributed by atoms with Crippen molar-refractivity contribution >= 4 is 32.9 Å². The summed E-state index contributed by atoms with van der Waals surface area (Å²) in [7, 11) is 0. The van der Waals surface area contributed by atoms with Gasteiger partial charge in [0.2, 0.25) is 0 Å². The maximum atomic E-state index is 11.8. The predicted octanol–water partition coefficient (Wildman–Crippen LogP) is 6.80. The van der Waals surface area contributed by atoms with Crippen LogP contribution in [0.1, 0.15) is 41.5 Å². The lowest BCUT2D eigenvalue weighted by molar-refractivity contribution is 0.0697. The second-order valence-electron chi connectivity index (χ2n) is 7.45. The van der Waals surface area contributed by atoms with E-state index in [1.54, 1.807) is 6.07 Å². The number of para-hydroxylation sites is 2. The molecule has 0 bridgehead atoms. The molecule has 152 valence electrons. The van der Waals surface area contributed by atoms with Gasteiger partial charge in [-0.05, 0) is 66.4 Å². The summed E-state index contributed by atoms with van der Waals surface area (Å²) in [5, 5.41) is 9.65. The zero-order chi connectivity index (χ0) is 21.3. The lowest BCUT2D eigenvalue weighted by Gasteiger charge is -2.14. The molecule has 3 aromatic carbocycles. The Kier molecular flexibility index (Phi) is 5.73. The van der Waals surface area contributed by atoms with Crippen LogP contribution in [0.25, 0.3) is 27.8 Å². The van der Waals surface area contributed by atoms with Crippen LogP contribution in [0.2, 0.25) is 0 Å². The van der Waals surface area contributed by atoms with Gasteiger partial charge in [-0.3, -0.25) is 4.57 Å². The molecule has 0 atom stereocenters. The number of imidazole rings is 1. The molecule has 0 aliphatic carbocycles. The highest BCUT2D eigenvalue weighted by molar-refractivity contribution is 9.10. The van der Waals surface area contributed by atoms with Crippen LogP contribution >= 0.6 is 15.9 Å². The summed E-state index contributed by atoms with van der Waals surface area (Å²) >= 11 is 3.37. The van der Waals surface area contributed by atoms with Crippen molar-refractivity contribution in [3.63, 3.8) is 0 Å². The number of nitrogens with zero attached hydrogens (tertiary/aromatic N) is 2. The number of halogens is 1. The standard InChI is InChI=1S/C25H23BrN2O2/c1-3-4-9-24-27-22-7-5-6-8-23(22)28(24)18-11-13-19(16(2)14-18)20-12-10-17(26)15-21(20)25(29)30/h5-8,10-15H,3-4,9H2,1-2H3,(H,29,30). The van der Waals surface area contributed by atoms with Gasteiger partial charge in [0.25, 0.3) is 0 Å². The minimum Gasteiger partial charge on any atom is -0.478 e. The molecule has 4 nitrogen and oxygen atoms in total. The molecule has 1 N–H and O–H groups in total. The van der Waals surface area contributed by atoms with Crippen LogP contribution in [0.15, 0.2) is 65.1 Å². The number of rotatable bonds is 6. The summed E-state index contributed by atoms with van der Waals surface area (Å²) in [5.74, 6) is 0.122. The molecule has 0 saturated heterocycles. The van der Waals surface area contributed by atoms with E-state index in [1.165, 1.54) is 0 Å². The van der Waals surface area contributed by atoms with Crippen LogP contribution in [-0.2, 0) is 6.42 Å². The first kappa shape index (κ1) is 20.4. The SMILES string of the molecule is CCCCc1nc2ccccc2n1-c1ccc(-c2ccc(Br)cc2C(=O)O)c(C)c1. The minimum atomic E-state index is -0.933. The van der Waals surface area contributed by atoms with Crippen molar-refractivity contribution in [2.45, 2.75) is 33.1 Å². The molecular formula is C25H23BrN2O2. The Hall–Kier alpha value is -2.92. The van der Waals surface area contributed by atoms with Gasteiger partial charge in [-0.2, -0.15) is 0 Å². The molecule has 4 rings (SSSR count). The van der Waals surface area contributed by atoms with Crippen LogP contribution < -0.4 is 0 Å². The van der Waals surface area contributed by atoms with Gasteiger partial charge in [-0.15, -0.1) is 0 Å². The van der Waals surface area contributed by atoms with E-state index in [4.69, 9.17) is 4.98 Å². The monoisotopic (exact) mass is 462 g/mol.